The number of nitrogens with zero attached hydrogens (tertiary/aromatic N) is 1. The number of carbonyl (C=O) groups is 2. The smallest absolute Gasteiger partial charge is 0.329 e. The van der Waals surface area contributed by atoms with Crippen LogP contribution in [0.1, 0.15) is 41.7 Å². The first-order valence-electron chi connectivity index (χ1n) is 7.54. The van der Waals surface area contributed by atoms with E-state index in [0.29, 0.717) is 35.0 Å². The van der Waals surface area contributed by atoms with Crippen molar-refractivity contribution in [2.45, 2.75) is 38.1 Å². The molecule has 3 rings (SSSR count). The van der Waals surface area contributed by atoms with Crippen LogP contribution in [0.4, 0.5) is 4.39 Å². The molecule has 0 saturated heterocycles. The molecular formula is C17H17FN2O3. The molecule has 0 radical (unpaired) electrons. The molecule has 6 heteroatoms. The number of amides is 1. The molecule has 1 amide bonds. The summed E-state index contributed by atoms with van der Waals surface area (Å²) in [7, 11) is 0. The van der Waals surface area contributed by atoms with Gasteiger partial charge in [0.15, 0.2) is 0 Å². The Kier molecular flexibility index (Phi) is 3.75. The van der Waals surface area contributed by atoms with Crippen molar-refractivity contribution >= 4 is 22.8 Å². The highest BCUT2D eigenvalue weighted by Crippen LogP contribution is 2.30. The van der Waals surface area contributed by atoms with Crippen LogP contribution in [0.15, 0.2) is 24.3 Å². The fourth-order valence-electron chi connectivity index (χ4n) is 3.12. The number of hydrogen-bond acceptors (Lipinski definition) is 3. The van der Waals surface area contributed by atoms with Gasteiger partial charge in [-0.05, 0) is 38.0 Å². The number of carboxylic acids is 1. The third-order valence-corrected chi connectivity index (χ3v) is 4.43. The Labute approximate surface area is 132 Å². The predicted octanol–water partition coefficient (Wildman–Crippen LogP) is 2.81. The summed E-state index contributed by atoms with van der Waals surface area (Å²) in [5, 5.41) is 12.8. The second kappa shape index (κ2) is 5.61. The molecular weight excluding hydrogens is 299 g/mol. The number of fused-ring (bicyclic) bond motifs is 1. The summed E-state index contributed by atoms with van der Waals surface area (Å²) in [5.74, 6) is -1.85. The average molecular weight is 316 g/mol. The fourth-order valence-corrected chi connectivity index (χ4v) is 3.12. The zero-order valence-electron chi connectivity index (χ0n) is 12.7. The first kappa shape index (κ1) is 15.4. The van der Waals surface area contributed by atoms with Crippen molar-refractivity contribution in [1.82, 2.24) is 10.3 Å². The fraction of sp³-hybridized carbons (Fsp3) is 0.353. The number of carboxylic acid groups (broad SMARTS) is 1. The maximum absolute atomic E-state index is 13.3. The summed E-state index contributed by atoms with van der Waals surface area (Å²) in [6, 6.07) is 5.78. The molecule has 1 heterocycles. The van der Waals surface area contributed by atoms with E-state index < -0.39 is 23.2 Å². The molecule has 1 saturated carbocycles. The van der Waals surface area contributed by atoms with E-state index in [9.17, 15) is 19.1 Å². The molecule has 5 nitrogen and oxygen atoms in total. The first-order chi connectivity index (χ1) is 10.9. The van der Waals surface area contributed by atoms with Gasteiger partial charge in [-0.1, -0.05) is 12.8 Å². The SMILES string of the molecule is Cc1nc2cc(F)ccc2cc1C(=O)NC1(C(=O)O)CCCC1. The largest absolute Gasteiger partial charge is 0.480 e. The van der Waals surface area contributed by atoms with E-state index in [4.69, 9.17) is 0 Å². The molecule has 0 unspecified atom stereocenters. The van der Waals surface area contributed by atoms with Crippen molar-refractivity contribution in [3.63, 3.8) is 0 Å². The van der Waals surface area contributed by atoms with Gasteiger partial charge < -0.3 is 10.4 Å². The molecule has 1 aliphatic carbocycles. The van der Waals surface area contributed by atoms with Gasteiger partial charge in [-0.3, -0.25) is 9.78 Å². The van der Waals surface area contributed by atoms with Crippen LogP contribution in [0.3, 0.4) is 0 Å². The Balaban J connectivity index is 1.96. The molecule has 1 aliphatic rings. The van der Waals surface area contributed by atoms with Crippen LogP contribution in [0.2, 0.25) is 0 Å². The van der Waals surface area contributed by atoms with Crippen molar-refractivity contribution in [2.75, 3.05) is 0 Å². The lowest BCUT2D eigenvalue weighted by molar-refractivity contribution is -0.144. The topological polar surface area (TPSA) is 79.3 Å². The highest BCUT2D eigenvalue weighted by molar-refractivity contribution is 6.01. The maximum atomic E-state index is 13.3. The van der Waals surface area contributed by atoms with Crippen molar-refractivity contribution in [3.8, 4) is 0 Å². The van der Waals surface area contributed by atoms with E-state index >= 15 is 0 Å². The van der Waals surface area contributed by atoms with Crippen LogP contribution in [0.25, 0.3) is 10.9 Å². The summed E-state index contributed by atoms with van der Waals surface area (Å²) < 4.78 is 13.3. The average Bonchev–Trinajstić information content (AvgIpc) is 2.96. The van der Waals surface area contributed by atoms with Crippen molar-refractivity contribution in [3.05, 3.63) is 41.3 Å². The van der Waals surface area contributed by atoms with Gasteiger partial charge in [-0.2, -0.15) is 0 Å². The Morgan fingerprint density at radius 3 is 2.61 bits per heavy atom. The number of aromatic nitrogens is 1. The van der Waals surface area contributed by atoms with Crippen LogP contribution in [0, 0.1) is 12.7 Å². The maximum Gasteiger partial charge on any atom is 0.329 e. The molecule has 1 aromatic heterocycles. The van der Waals surface area contributed by atoms with Crippen LogP contribution in [0.5, 0.6) is 0 Å². The predicted molar refractivity (Wildman–Crippen MR) is 82.7 cm³/mol. The Morgan fingerprint density at radius 1 is 1.26 bits per heavy atom. The number of carbonyl (C=O) groups excluding carboxylic acids is 1. The van der Waals surface area contributed by atoms with Crippen molar-refractivity contribution in [1.29, 1.82) is 0 Å². The molecule has 0 aliphatic heterocycles. The van der Waals surface area contributed by atoms with Crippen LogP contribution < -0.4 is 5.32 Å². The van der Waals surface area contributed by atoms with Gasteiger partial charge in [0.05, 0.1) is 16.8 Å². The van der Waals surface area contributed by atoms with Crippen LogP contribution >= 0.6 is 0 Å². The van der Waals surface area contributed by atoms with Gasteiger partial charge in [-0.15, -0.1) is 0 Å². The van der Waals surface area contributed by atoms with Gasteiger partial charge in [-0.25, -0.2) is 9.18 Å². The summed E-state index contributed by atoms with van der Waals surface area (Å²) in [6.45, 7) is 1.65. The van der Waals surface area contributed by atoms with Gasteiger partial charge in [0, 0.05) is 11.5 Å². The van der Waals surface area contributed by atoms with Gasteiger partial charge in [0.2, 0.25) is 0 Å². The summed E-state index contributed by atoms with van der Waals surface area (Å²) in [4.78, 5) is 28.4. The minimum Gasteiger partial charge on any atom is -0.480 e. The Hall–Kier alpha value is -2.50. The number of halogens is 1. The summed E-state index contributed by atoms with van der Waals surface area (Å²) in [6.07, 6.45) is 2.42. The standard InChI is InChI=1S/C17H17FN2O3/c1-10-13(8-11-4-5-12(18)9-14(11)19-10)15(21)20-17(16(22)23)6-2-3-7-17/h4-5,8-9H,2-3,6-7H2,1H3,(H,20,21)(H,22,23). The summed E-state index contributed by atoms with van der Waals surface area (Å²) >= 11 is 0. The number of aryl methyl sites for hydroxylation is 1. The van der Waals surface area contributed by atoms with E-state index in [-0.39, 0.29) is 0 Å². The molecule has 2 N–H and O–H groups in total. The molecule has 2 aromatic rings. The lowest BCUT2D eigenvalue weighted by Gasteiger charge is -2.25. The molecule has 0 spiro atoms. The zero-order chi connectivity index (χ0) is 16.6. The number of pyridine rings is 1. The molecule has 0 bridgehead atoms. The highest BCUT2D eigenvalue weighted by atomic mass is 19.1. The van der Waals surface area contributed by atoms with Gasteiger partial charge >= 0.3 is 5.97 Å². The van der Waals surface area contributed by atoms with E-state index in [0.717, 1.165) is 12.8 Å². The Morgan fingerprint density at radius 2 is 1.96 bits per heavy atom. The Bertz CT molecular complexity index is 798. The third-order valence-electron chi connectivity index (χ3n) is 4.43. The third kappa shape index (κ3) is 2.76. The molecule has 23 heavy (non-hydrogen) atoms. The lowest BCUT2D eigenvalue weighted by Crippen LogP contribution is -2.52. The van der Waals surface area contributed by atoms with Crippen molar-refractivity contribution < 1.29 is 19.1 Å². The molecule has 1 fully saturated rings. The van der Waals surface area contributed by atoms with E-state index in [1.807, 2.05) is 0 Å². The van der Waals surface area contributed by atoms with E-state index in [1.54, 1.807) is 19.1 Å². The zero-order valence-corrected chi connectivity index (χ0v) is 12.7. The second-order valence-electron chi connectivity index (χ2n) is 6.01. The van der Waals surface area contributed by atoms with E-state index in [1.165, 1.54) is 12.1 Å². The first-order valence-corrected chi connectivity index (χ1v) is 7.54. The van der Waals surface area contributed by atoms with Crippen LogP contribution in [-0.2, 0) is 4.79 Å². The van der Waals surface area contributed by atoms with E-state index in [2.05, 4.69) is 10.3 Å². The normalized spacial score (nSPS) is 16.4. The number of nitrogens with one attached hydrogen (secondary N) is 1. The number of hydrogen-bond donors (Lipinski definition) is 2. The monoisotopic (exact) mass is 316 g/mol. The lowest BCUT2D eigenvalue weighted by atomic mass is 9.97. The molecule has 1 aromatic carbocycles. The van der Waals surface area contributed by atoms with Gasteiger partial charge in [0.1, 0.15) is 11.4 Å². The van der Waals surface area contributed by atoms with Gasteiger partial charge in [0.25, 0.3) is 5.91 Å². The van der Waals surface area contributed by atoms with Crippen molar-refractivity contribution in [2.24, 2.45) is 0 Å². The molecule has 0 atom stereocenters. The number of rotatable bonds is 3. The quantitative estimate of drug-likeness (QED) is 0.912. The minimum atomic E-state index is -1.19. The number of benzene rings is 1. The summed E-state index contributed by atoms with van der Waals surface area (Å²) in [5.41, 5.74) is 0.0324. The van der Waals surface area contributed by atoms with Crippen LogP contribution in [-0.4, -0.2) is 27.5 Å². The number of aliphatic carboxylic acids is 1. The molecule has 120 valence electrons. The minimum absolute atomic E-state index is 0.316. The highest BCUT2D eigenvalue weighted by Gasteiger charge is 2.42. The second-order valence-corrected chi connectivity index (χ2v) is 6.01.